The Hall–Kier alpha value is 0.220. The SMILES string of the molecule is Cl.Cl.Clc1cnc(Cl)c(Cl)c1[C@H](c1cccs1)N1CCNCC1. The molecule has 1 atom stereocenters. The average Bonchev–Trinajstić information content (AvgIpc) is 3.02. The zero-order chi connectivity index (χ0) is 14.8. The van der Waals surface area contributed by atoms with Gasteiger partial charge in [0.1, 0.15) is 5.15 Å². The van der Waals surface area contributed by atoms with E-state index in [0.717, 1.165) is 31.7 Å². The van der Waals surface area contributed by atoms with Gasteiger partial charge in [0.25, 0.3) is 0 Å². The molecule has 1 aliphatic rings. The molecule has 1 aliphatic heterocycles. The van der Waals surface area contributed by atoms with Gasteiger partial charge >= 0.3 is 0 Å². The monoisotopic (exact) mass is 433 g/mol. The molecule has 128 valence electrons. The van der Waals surface area contributed by atoms with E-state index in [1.807, 2.05) is 6.07 Å². The van der Waals surface area contributed by atoms with Gasteiger partial charge in [-0.15, -0.1) is 36.2 Å². The van der Waals surface area contributed by atoms with Gasteiger partial charge in [-0.1, -0.05) is 40.9 Å². The number of aromatic nitrogens is 1. The van der Waals surface area contributed by atoms with Gasteiger partial charge in [0.2, 0.25) is 0 Å². The molecule has 0 spiro atoms. The lowest BCUT2D eigenvalue weighted by Crippen LogP contribution is -2.45. The third-order valence-electron chi connectivity index (χ3n) is 3.57. The smallest absolute Gasteiger partial charge is 0.148 e. The Morgan fingerprint density at radius 1 is 1.17 bits per heavy atom. The Balaban J connectivity index is 0.00000132. The van der Waals surface area contributed by atoms with E-state index >= 15 is 0 Å². The van der Waals surface area contributed by atoms with E-state index in [1.165, 1.54) is 4.88 Å². The van der Waals surface area contributed by atoms with Crippen LogP contribution in [0.25, 0.3) is 0 Å². The molecule has 1 fully saturated rings. The molecule has 2 aromatic rings. The highest BCUT2D eigenvalue weighted by molar-refractivity contribution is 7.10. The lowest BCUT2D eigenvalue weighted by atomic mass is 10.0. The first-order valence-corrected chi connectivity index (χ1v) is 8.67. The fraction of sp³-hybridized carbons (Fsp3) is 0.357. The van der Waals surface area contributed by atoms with E-state index < -0.39 is 0 Å². The first kappa shape index (κ1) is 21.3. The second-order valence-corrected chi connectivity index (χ2v) is 6.95. The summed E-state index contributed by atoms with van der Waals surface area (Å²) in [6, 6.07) is 4.17. The average molecular weight is 436 g/mol. The first-order chi connectivity index (χ1) is 10.2. The molecule has 1 N–H and O–H groups in total. The predicted octanol–water partition coefficient (Wildman–Crippen LogP) is 4.94. The van der Waals surface area contributed by atoms with Gasteiger partial charge in [0.15, 0.2) is 0 Å². The maximum Gasteiger partial charge on any atom is 0.148 e. The number of nitrogens with one attached hydrogen (secondary N) is 1. The van der Waals surface area contributed by atoms with E-state index in [1.54, 1.807) is 17.5 Å². The zero-order valence-corrected chi connectivity index (χ0v) is 16.7. The minimum Gasteiger partial charge on any atom is -0.314 e. The first-order valence-electron chi connectivity index (χ1n) is 6.66. The minimum atomic E-state index is 0. The molecule has 0 aromatic carbocycles. The summed E-state index contributed by atoms with van der Waals surface area (Å²) in [5.74, 6) is 0. The van der Waals surface area contributed by atoms with Crippen LogP contribution >= 0.6 is 71.0 Å². The number of hydrogen-bond acceptors (Lipinski definition) is 4. The summed E-state index contributed by atoms with van der Waals surface area (Å²) in [5, 5.41) is 6.73. The van der Waals surface area contributed by atoms with Crippen LogP contribution in [0.15, 0.2) is 23.7 Å². The van der Waals surface area contributed by atoms with Crippen LogP contribution in [0, 0.1) is 0 Å². The van der Waals surface area contributed by atoms with Crippen LogP contribution in [0.4, 0.5) is 0 Å². The highest BCUT2D eigenvalue weighted by Gasteiger charge is 2.29. The zero-order valence-electron chi connectivity index (χ0n) is 12.0. The van der Waals surface area contributed by atoms with Gasteiger partial charge in [0, 0.05) is 42.8 Å². The van der Waals surface area contributed by atoms with Gasteiger partial charge in [-0.2, -0.15) is 0 Å². The summed E-state index contributed by atoms with van der Waals surface area (Å²) < 4.78 is 0. The fourth-order valence-electron chi connectivity index (χ4n) is 2.60. The number of rotatable bonds is 3. The molecule has 3 heterocycles. The van der Waals surface area contributed by atoms with E-state index in [9.17, 15) is 0 Å². The topological polar surface area (TPSA) is 28.2 Å². The molecule has 0 saturated carbocycles. The lowest BCUT2D eigenvalue weighted by molar-refractivity contribution is 0.201. The molecular formula is C14H16Cl5N3S. The third kappa shape index (κ3) is 4.65. The number of hydrogen-bond donors (Lipinski definition) is 1. The molecule has 0 radical (unpaired) electrons. The van der Waals surface area contributed by atoms with Crippen LogP contribution in [-0.4, -0.2) is 36.1 Å². The molecule has 0 amide bonds. The van der Waals surface area contributed by atoms with Crippen LogP contribution in [0.3, 0.4) is 0 Å². The summed E-state index contributed by atoms with van der Waals surface area (Å²) in [4.78, 5) is 7.61. The van der Waals surface area contributed by atoms with Crippen LogP contribution in [0.5, 0.6) is 0 Å². The second-order valence-electron chi connectivity index (χ2n) is 4.83. The third-order valence-corrected chi connectivity index (χ3v) is 5.56. The Morgan fingerprint density at radius 3 is 2.48 bits per heavy atom. The molecule has 0 bridgehead atoms. The van der Waals surface area contributed by atoms with Gasteiger partial charge in [-0.05, 0) is 11.4 Å². The lowest BCUT2D eigenvalue weighted by Gasteiger charge is -2.35. The maximum atomic E-state index is 6.41. The maximum absolute atomic E-state index is 6.41. The Labute approximate surface area is 167 Å². The van der Waals surface area contributed by atoms with Gasteiger partial charge < -0.3 is 5.32 Å². The fourth-order valence-corrected chi connectivity index (χ4v) is 4.16. The summed E-state index contributed by atoms with van der Waals surface area (Å²) in [6.45, 7) is 3.79. The molecule has 3 rings (SSSR count). The minimum absolute atomic E-state index is 0. The summed E-state index contributed by atoms with van der Waals surface area (Å²) >= 11 is 20.6. The normalized spacial score (nSPS) is 16.3. The summed E-state index contributed by atoms with van der Waals surface area (Å²) in [5.41, 5.74) is 0.850. The molecule has 3 nitrogen and oxygen atoms in total. The van der Waals surface area contributed by atoms with Gasteiger partial charge in [-0.25, -0.2) is 4.98 Å². The molecule has 2 aromatic heterocycles. The van der Waals surface area contributed by atoms with Crippen molar-refractivity contribution in [2.24, 2.45) is 0 Å². The van der Waals surface area contributed by atoms with Crippen molar-refractivity contribution in [2.75, 3.05) is 26.2 Å². The quantitative estimate of drug-likeness (QED) is 0.692. The largest absolute Gasteiger partial charge is 0.314 e. The molecule has 0 aliphatic carbocycles. The Kier molecular flexibility index (Phi) is 8.91. The van der Waals surface area contributed by atoms with Crippen molar-refractivity contribution < 1.29 is 0 Å². The van der Waals surface area contributed by atoms with E-state index in [-0.39, 0.29) is 30.9 Å². The number of thiophene rings is 1. The van der Waals surface area contributed by atoms with E-state index in [2.05, 4.69) is 26.6 Å². The van der Waals surface area contributed by atoms with Crippen molar-refractivity contribution in [1.82, 2.24) is 15.2 Å². The van der Waals surface area contributed by atoms with Gasteiger partial charge in [-0.3, -0.25) is 4.90 Å². The number of halogens is 5. The van der Waals surface area contributed by atoms with Crippen LogP contribution < -0.4 is 5.32 Å². The Bertz CT molecular complexity index is 617. The number of pyridine rings is 1. The molecule has 0 unspecified atom stereocenters. The van der Waals surface area contributed by atoms with Gasteiger partial charge in [0.05, 0.1) is 16.1 Å². The van der Waals surface area contributed by atoms with Crippen molar-refractivity contribution in [3.8, 4) is 0 Å². The Morgan fingerprint density at radius 2 is 1.87 bits per heavy atom. The molecule has 23 heavy (non-hydrogen) atoms. The summed E-state index contributed by atoms with van der Waals surface area (Å²) in [6.07, 6.45) is 1.58. The summed E-state index contributed by atoms with van der Waals surface area (Å²) in [7, 11) is 0. The van der Waals surface area contributed by atoms with Crippen molar-refractivity contribution in [3.05, 3.63) is 49.3 Å². The van der Waals surface area contributed by atoms with Crippen LogP contribution in [0.2, 0.25) is 15.2 Å². The molecular weight excluding hydrogens is 420 g/mol. The molecule has 1 saturated heterocycles. The van der Waals surface area contributed by atoms with Crippen molar-refractivity contribution in [1.29, 1.82) is 0 Å². The van der Waals surface area contributed by atoms with E-state index in [4.69, 9.17) is 34.8 Å². The predicted molar refractivity (Wildman–Crippen MR) is 104 cm³/mol. The van der Waals surface area contributed by atoms with E-state index in [0.29, 0.717) is 15.2 Å². The molecule has 9 heteroatoms. The standard InChI is InChI=1S/C14H14Cl3N3S.2ClH/c15-9-8-19-14(17)12(16)11(9)13(10-2-1-7-21-10)20-5-3-18-4-6-20;;/h1-2,7-8,13,18H,3-6H2;2*1H/t13-;;/m0../s1. The van der Waals surface area contributed by atoms with Crippen molar-refractivity contribution in [3.63, 3.8) is 0 Å². The second kappa shape index (κ2) is 9.64. The number of piperazine rings is 1. The van der Waals surface area contributed by atoms with Crippen molar-refractivity contribution >= 4 is 71.0 Å². The van der Waals surface area contributed by atoms with Crippen LogP contribution in [-0.2, 0) is 0 Å². The highest BCUT2D eigenvalue weighted by Crippen LogP contribution is 2.41. The van der Waals surface area contributed by atoms with Crippen molar-refractivity contribution in [2.45, 2.75) is 6.04 Å². The highest BCUT2D eigenvalue weighted by atomic mass is 35.5. The van der Waals surface area contributed by atoms with Crippen LogP contribution in [0.1, 0.15) is 16.5 Å². The number of nitrogens with zero attached hydrogens (tertiary/aromatic N) is 2.